The summed E-state index contributed by atoms with van der Waals surface area (Å²) >= 11 is 6.35. The van der Waals surface area contributed by atoms with Crippen molar-refractivity contribution in [1.29, 1.82) is 0 Å². The molecule has 4 aromatic rings. The quantitative estimate of drug-likeness (QED) is 0.369. The number of halogens is 1. The fourth-order valence-electron chi connectivity index (χ4n) is 5.97. The summed E-state index contributed by atoms with van der Waals surface area (Å²) in [6.45, 7) is 3.15. The first-order chi connectivity index (χ1) is 18.0. The van der Waals surface area contributed by atoms with Gasteiger partial charge >= 0.3 is 5.76 Å². The van der Waals surface area contributed by atoms with E-state index in [1.54, 1.807) is 19.5 Å². The average Bonchev–Trinajstić information content (AvgIpc) is 3.64. The van der Waals surface area contributed by atoms with E-state index in [9.17, 15) is 4.79 Å². The Morgan fingerprint density at radius 3 is 2.62 bits per heavy atom. The van der Waals surface area contributed by atoms with Crippen LogP contribution in [0.1, 0.15) is 64.1 Å². The SMILES string of the molecule is COC1(c2nc3nc(-c4noc(=O)[nH]4)nc(-c4cncc(Cl)c4)c3n2C[C@H]2CC[C@H](C)CC2)CCCC1. The van der Waals surface area contributed by atoms with Crippen LogP contribution in [-0.4, -0.2) is 41.8 Å². The molecule has 0 unspecified atom stereocenters. The van der Waals surface area contributed by atoms with Crippen LogP contribution in [0.5, 0.6) is 0 Å². The fraction of sp³-hybridized carbons (Fsp3) is 0.538. The Hall–Kier alpha value is -3.11. The summed E-state index contributed by atoms with van der Waals surface area (Å²) in [6, 6.07) is 1.83. The van der Waals surface area contributed by atoms with Gasteiger partial charge in [0.2, 0.25) is 11.6 Å². The molecule has 1 N–H and O–H groups in total. The lowest BCUT2D eigenvalue weighted by molar-refractivity contribution is -0.0193. The van der Waals surface area contributed by atoms with E-state index in [0.29, 0.717) is 22.3 Å². The lowest BCUT2D eigenvalue weighted by Crippen LogP contribution is -2.30. The second kappa shape index (κ2) is 9.64. The van der Waals surface area contributed by atoms with E-state index >= 15 is 0 Å². The maximum atomic E-state index is 11.7. The number of hydrogen-bond donors (Lipinski definition) is 1. The molecule has 0 amide bonds. The van der Waals surface area contributed by atoms with Crippen molar-refractivity contribution in [3.63, 3.8) is 0 Å². The molecule has 0 saturated heterocycles. The van der Waals surface area contributed by atoms with Crippen molar-refractivity contribution >= 4 is 22.8 Å². The maximum absolute atomic E-state index is 11.7. The van der Waals surface area contributed by atoms with E-state index in [2.05, 4.69) is 26.6 Å². The smallest absolute Gasteiger partial charge is 0.370 e. The molecule has 4 heterocycles. The van der Waals surface area contributed by atoms with Crippen LogP contribution in [0.25, 0.3) is 34.1 Å². The third-order valence-electron chi connectivity index (χ3n) is 8.02. The van der Waals surface area contributed by atoms with Gasteiger partial charge in [0.1, 0.15) is 22.6 Å². The van der Waals surface area contributed by atoms with E-state index in [1.165, 1.54) is 25.7 Å². The van der Waals surface area contributed by atoms with Crippen molar-refractivity contribution < 1.29 is 9.26 Å². The number of hydrogen-bond acceptors (Lipinski definition) is 8. The summed E-state index contributed by atoms with van der Waals surface area (Å²) in [5.74, 6) is 1.86. The van der Waals surface area contributed by atoms with Crippen molar-refractivity contribution in [2.24, 2.45) is 11.8 Å². The predicted molar refractivity (Wildman–Crippen MR) is 138 cm³/mol. The molecular formula is C26H30ClN7O3. The zero-order valence-corrected chi connectivity index (χ0v) is 21.8. The largest absolute Gasteiger partial charge is 0.439 e. The summed E-state index contributed by atoms with van der Waals surface area (Å²) < 4.78 is 13.2. The Kier molecular flexibility index (Phi) is 6.32. The van der Waals surface area contributed by atoms with Gasteiger partial charge in [-0.3, -0.25) is 14.5 Å². The molecule has 2 saturated carbocycles. The van der Waals surface area contributed by atoms with Crippen LogP contribution in [-0.2, 0) is 16.9 Å². The minimum atomic E-state index is -0.674. The molecule has 6 rings (SSSR count). The van der Waals surface area contributed by atoms with Crippen LogP contribution in [0.3, 0.4) is 0 Å². The van der Waals surface area contributed by atoms with Crippen molar-refractivity contribution in [3.05, 3.63) is 39.9 Å². The van der Waals surface area contributed by atoms with Crippen molar-refractivity contribution in [3.8, 4) is 22.9 Å². The summed E-state index contributed by atoms with van der Waals surface area (Å²) in [5, 5.41) is 4.31. The van der Waals surface area contributed by atoms with Crippen LogP contribution in [0.2, 0.25) is 5.02 Å². The van der Waals surface area contributed by atoms with Crippen LogP contribution >= 0.6 is 11.6 Å². The minimum Gasteiger partial charge on any atom is -0.370 e. The van der Waals surface area contributed by atoms with Gasteiger partial charge in [0.25, 0.3) is 0 Å². The first-order valence-electron chi connectivity index (χ1n) is 13.0. The second-order valence-electron chi connectivity index (χ2n) is 10.5. The van der Waals surface area contributed by atoms with E-state index in [-0.39, 0.29) is 11.6 Å². The van der Waals surface area contributed by atoms with Gasteiger partial charge in [-0.1, -0.05) is 36.5 Å². The molecule has 2 aliphatic rings. The number of nitrogens with one attached hydrogen (secondary N) is 1. The highest BCUT2D eigenvalue weighted by molar-refractivity contribution is 6.30. The lowest BCUT2D eigenvalue weighted by atomic mass is 9.83. The van der Waals surface area contributed by atoms with Gasteiger partial charge < -0.3 is 9.30 Å². The van der Waals surface area contributed by atoms with Crippen LogP contribution in [0.4, 0.5) is 0 Å². The molecular weight excluding hydrogens is 494 g/mol. The van der Waals surface area contributed by atoms with Gasteiger partial charge in [-0.2, -0.15) is 0 Å². The van der Waals surface area contributed by atoms with E-state index in [4.69, 9.17) is 35.8 Å². The van der Waals surface area contributed by atoms with E-state index in [1.807, 2.05) is 6.07 Å². The Labute approximate surface area is 218 Å². The number of ether oxygens (including phenoxy) is 1. The zero-order chi connectivity index (χ0) is 25.6. The highest BCUT2D eigenvalue weighted by atomic mass is 35.5. The number of imidazole rings is 1. The molecule has 10 nitrogen and oxygen atoms in total. The Balaban J connectivity index is 1.61. The summed E-state index contributed by atoms with van der Waals surface area (Å²) in [5.41, 5.74) is 2.22. The molecule has 0 bridgehead atoms. The molecule has 11 heteroatoms. The normalized spacial score (nSPS) is 21.6. The highest BCUT2D eigenvalue weighted by Gasteiger charge is 2.41. The minimum absolute atomic E-state index is 0.142. The fourth-order valence-corrected chi connectivity index (χ4v) is 6.15. The van der Waals surface area contributed by atoms with Crippen molar-refractivity contribution in [2.75, 3.05) is 7.11 Å². The lowest BCUT2D eigenvalue weighted by Gasteiger charge is -2.31. The first kappa shape index (κ1) is 24.2. The number of methoxy groups -OCH3 is 1. The predicted octanol–water partition coefficient (Wildman–Crippen LogP) is 5.13. The van der Waals surface area contributed by atoms with Gasteiger partial charge in [-0.05, 0) is 56.4 Å². The van der Waals surface area contributed by atoms with Gasteiger partial charge in [0.05, 0.1) is 5.02 Å². The summed E-state index contributed by atoms with van der Waals surface area (Å²) in [7, 11) is 1.77. The molecule has 0 atom stereocenters. The summed E-state index contributed by atoms with van der Waals surface area (Å²) in [6.07, 6.45) is 12.1. The number of pyridine rings is 1. The van der Waals surface area contributed by atoms with Gasteiger partial charge in [-0.15, -0.1) is 0 Å². The Morgan fingerprint density at radius 1 is 1.16 bits per heavy atom. The van der Waals surface area contributed by atoms with Crippen molar-refractivity contribution in [2.45, 2.75) is 70.4 Å². The number of H-pyrrole nitrogens is 1. The number of fused-ring (bicyclic) bond motifs is 1. The molecule has 0 aliphatic heterocycles. The van der Waals surface area contributed by atoms with Crippen LogP contribution in [0, 0.1) is 11.8 Å². The molecule has 194 valence electrons. The molecule has 0 radical (unpaired) electrons. The average molecular weight is 524 g/mol. The van der Waals surface area contributed by atoms with Gasteiger partial charge in [0, 0.05) is 31.6 Å². The molecule has 0 spiro atoms. The van der Waals surface area contributed by atoms with E-state index in [0.717, 1.165) is 55.1 Å². The zero-order valence-electron chi connectivity index (χ0n) is 21.0. The van der Waals surface area contributed by atoms with Crippen molar-refractivity contribution in [1.82, 2.24) is 34.6 Å². The van der Waals surface area contributed by atoms with Crippen LogP contribution in [0.15, 0.2) is 27.8 Å². The number of aromatic nitrogens is 7. The Bertz CT molecular complexity index is 1480. The maximum Gasteiger partial charge on any atom is 0.439 e. The second-order valence-corrected chi connectivity index (χ2v) is 10.9. The number of aromatic amines is 1. The molecule has 4 aromatic heterocycles. The molecule has 0 aromatic carbocycles. The molecule has 37 heavy (non-hydrogen) atoms. The third kappa shape index (κ3) is 4.46. The van der Waals surface area contributed by atoms with E-state index < -0.39 is 11.4 Å². The molecule has 2 fully saturated rings. The van der Waals surface area contributed by atoms with Crippen LogP contribution < -0.4 is 5.76 Å². The monoisotopic (exact) mass is 523 g/mol. The highest BCUT2D eigenvalue weighted by Crippen LogP contribution is 2.44. The number of nitrogens with zero attached hydrogens (tertiary/aromatic N) is 6. The summed E-state index contributed by atoms with van der Waals surface area (Å²) in [4.78, 5) is 33.2. The Morgan fingerprint density at radius 2 is 1.95 bits per heavy atom. The standard InChI is InChI=1S/C26H30ClN7O3/c1-15-5-7-16(8-6-15)14-34-20-19(17-11-18(27)13-28-12-17)29-22(23-32-25(35)37-33-23)30-21(20)31-24(34)26(36-2)9-3-4-10-26/h11-13,15-16H,3-10,14H2,1-2H3,(H,32,33,35)/t15-,16-. The number of rotatable bonds is 6. The topological polar surface area (TPSA) is 125 Å². The molecule has 2 aliphatic carbocycles. The van der Waals surface area contributed by atoms with Gasteiger partial charge in [0.15, 0.2) is 5.65 Å². The van der Waals surface area contributed by atoms with Gasteiger partial charge in [-0.25, -0.2) is 19.7 Å². The first-order valence-corrected chi connectivity index (χ1v) is 13.3. The third-order valence-corrected chi connectivity index (χ3v) is 8.23.